The van der Waals surface area contributed by atoms with Gasteiger partial charge >= 0.3 is 10.4 Å². The van der Waals surface area contributed by atoms with Crippen LogP contribution in [0.4, 0.5) is 0 Å². The number of methoxy groups -OCH3 is 2. The van der Waals surface area contributed by atoms with Crippen LogP contribution < -0.4 is 0 Å². The predicted octanol–water partition coefficient (Wildman–Crippen LogP) is -0.443. The Labute approximate surface area is 83.4 Å². The summed E-state index contributed by atoms with van der Waals surface area (Å²) in [7, 11) is -0.745. The van der Waals surface area contributed by atoms with Gasteiger partial charge in [0, 0.05) is 14.2 Å². The van der Waals surface area contributed by atoms with Crippen molar-refractivity contribution in [1.82, 2.24) is 0 Å². The SMILES string of the molecule is COCC1(COC)COS(=O)(=O)OC1. The summed E-state index contributed by atoms with van der Waals surface area (Å²) < 4.78 is 40.7. The van der Waals surface area contributed by atoms with Crippen LogP contribution >= 0.6 is 0 Å². The molecule has 14 heavy (non-hydrogen) atoms. The van der Waals surface area contributed by atoms with E-state index in [0.29, 0.717) is 13.2 Å². The molecule has 0 radical (unpaired) electrons. The van der Waals surface area contributed by atoms with Crippen LogP contribution in [0.15, 0.2) is 0 Å². The van der Waals surface area contributed by atoms with Crippen LogP contribution in [-0.4, -0.2) is 49.1 Å². The third-order valence-corrected chi connectivity index (χ3v) is 2.73. The summed E-state index contributed by atoms with van der Waals surface area (Å²) in [5.74, 6) is 0. The molecular weight excluding hydrogens is 212 g/mol. The van der Waals surface area contributed by atoms with Gasteiger partial charge in [-0.2, -0.15) is 8.42 Å². The maximum absolute atomic E-state index is 10.8. The number of rotatable bonds is 4. The topological polar surface area (TPSA) is 71.1 Å². The monoisotopic (exact) mass is 226 g/mol. The second-order valence-electron chi connectivity index (χ2n) is 3.30. The molecule has 0 aliphatic carbocycles. The van der Waals surface area contributed by atoms with Crippen molar-refractivity contribution in [2.24, 2.45) is 5.41 Å². The second-order valence-corrected chi connectivity index (χ2v) is 4.59. The van der Waals surface area contributed by atoms with Crippen molar-refractivity contribution in [3.63, 3.8) is 0 Å². The van der Waals surface area contributed by atoms with Gasteiger partial charge in [-0.25, -0.2) is 8.37 Å². The molecule has 6 nitrogen and oxygen atoms in total. The van der Waals surface area contributed by atoms with Gasteiger partial charge in [0.1, 0.15) is 0 Å². The minimum Gasteiger partial charge on any atom is -0.384 e. The van der Waals surface area contributed by atoms with E-state index in [1.165, 1.54) is 14.2 Å². The average molecular weight is 226 g/mol. The molecule has 84 valence electrons. The summed E-state index contributed by atoms with van der Waals surface area (Å²) in [4.78, 5) is 0. The summed E-state index contributed by atoms with van der Waals surface area (Å²) in [5, 5.41) is 0. The zero-order valence-corrected chi connectivity index (χ0v) is 9.00. The van der Waals surface area contributed by atoms with Crippen LogP contribution in [0.25, 0.3) is 0 Å². The van der Waals surface area contributed by atoms with E-state index in [0.717, 1.165) is 0 Å². The van der Waals surface area contributed by atoms with Gasteiger partial charge in [-0.3, -0.25) is 0 Å². The molecule has 1 aliphatic heterocycles. The molecule has 0 saturated carbocycles. The first-order chi connectivity index (χ1) is 6.54. The van der Waals surface area contributed by atoms with Gasteiger partial charge in [0.2, 0.25) is 0 Å². The van der Waals surface area contributed by atoms with Gasteiger partial charge in [-0.15, -0.1) is 0 Å². The van der Waals surface area contributed by atoms with Crippen LogP contribution in [0.2, 0.25) is 0 Å². The molecule has 0 amide bonds. The molecule has 1 heterocycles. The van der Waals surface area contributed by atoms with E-state index in [1.54, 1.807) is 0 Å². The quantitative estimate of drug-likeness (QED) is 0.647. The van der Waals surface area contributed by atoms with Crippen LogP contribution in [0.3, 0.4) is 0 Å². The average Bonchev–Trinajstić information content (AvgIpc) is 2.12. The lowest BCUT2D eigenvalue weighted by Gasteiger charge is -2.34. The molecule has 0 atom stereocenters. The van der Waals surface area contributed by atoms with Crippen molar-refractivity contribution in [3.05, 3.63) is 0 Å². The Morgan fingerprint density at radius 1 is 1.14 bits per heavy atom. The van der Waals surface area contributed by atoms with Gasteiger partial charge in [0.25, 0.3) is 0 Å². The molecule has 1 fully saturated rings. The van der Waals surface area contributed by atoms with Gasteiger partial charge < -0.3 is 9.47 Å². The number of hydrogen-bond acceptors (Lipinski definition) is 6. The predicted molar refractivity (Wildman–Crippen MR) is 47.0 cm³/mol. The van der Waals surface area contributed by atoms with Crippen molar-refractivity contribution in [2.75, 3.05) is 40.6 Å². The highest BCUT2D eigenvalue weighted by molar-refractivity contribution is 7.81. The van der Waals surface area contributed by atoms with Gasteiger partial charge in [-0.05, 0) is 0 Å². The first kappa shape index (κ1) is 11.9. The Balaban J connectivity index is 2.63. The van der Waals surface area contributed by atoms with Crippen molar-refractivity contribution >= 4 is 10.4 Å². The fourth-order valence-corrected chi connectivity index (χ4v) is 2.15. The van der Waals surface area contributed by atoms with Crippen molar-refractivity contribution < 1.29 is 26.3 Å². The molecule has 1 saturated heterocycles. The lowest BCUT2D eigenvalue weighted by Crippen LogP contribution is -2.46. The molecule has 0 aromatic carbocycles. The zero-order valence-electron chi connectivity index (χ0n) is 8.19. The van der Waals surface area contributed by atoms with E-state index in [1.807, 2.05) is 0 Å². The summed E-state index contributed by atoms with van der Waals surface area (Å²) in [5.41, 5.74) is -0.533. The first-order valence-electron chi connectivity index (χ1n) is 4.05. The van der Waals surface area contributed by atoms with E-state index < -0.39 is 15.8 Å². The molecule has 1 rings (SSSR count). The highest BCUT2D eigenvalue weighted by atomic mass is 32.3. The fraction of sp³-hybridized carbons (Fsp3) is 1.00. The second kappa shape index (κ2) is 4.54. The molecule has 7 heteroatoms. The molecule has 1 aliphatic rings. The fourth-order valence-electron chi connectivity index (χ4n) is 1.29. The maximum Gasteiger partial charge on any atom is 0.399 e. The Bertz CT molecular complexity index is 250. The lowest BCUT2D eigenvalue weighted by atomic mass is 9.92. The highest BCUT2D eigenvalue weighted by Gasteiger charge is 2.39. The van der Waals surface area contributed by atoms with E-state index in [-0.39, 0.29) is 13.2 Å². The van der Waals surface area contributed by atoms with E-state index in [4.69, 9.17) is 9.47 Å². The van der Waals surface area contributed by atoms with E-state index in [9.17, 15) is 8.42 Å². The third kappa shape index (κ3) is 2.89. The Morgan fingerprint density at radius 3 is 1.93 bits per heavy atom. The molecule has 0 unspecified atom stereocenters. The van der Waals surface area contributed by atoms with E-state index in [2.05, 4.69) is 8.37 Å². The lowest BCUT2D eigenvalue weighted by molar-refractivity contribution is -0.0683. The molecular formula is C7H14O6S. The molecule has 0 spiro atoms. The van der Waals surface area contributed by atoms with Crippen molar-refractivity contribution in [2.45, 2.75) is 0 Å². The van der Waals surface area contributed by atoms with Crippen LogP contribution in [0.1, 0.15) is 0 Å². The minimum absolute atomic E-state index is 0.0248. The Hall–Kier alpha value is -0.210. The van der Waals surface area contributed by atoms with Crippen LogP contribution in [-0.2, 0) is 28.2 Å². The normalized spacial score (nSPS) is 24.7. The number of ether oxygens (including phenoxy) is 2. The van der Waals surface area contributed by atoms with Gasteiger partial charge in [-0.1, -0.05) is 0 Å². The summed E-state index contributed by atoms with van der Waals surface area (Å²) >= 11 is 0. The minimum atomic E-state index is -3.80. The molecule has 0 aromatic heterocycles. The third-order valence-electron chi connectivity index (χ3n) is 1.92. The standard InChI is InChI=1S/C7H14O6S/c1-10-3-7(4-11-2)5-12-14(8,9)13-6-7/h3-6H2,1-2H3. The molecule has 0 N–H and O–H groups in total. The van der Waals surface area contributed by atoms with Gasteiger partial charge in [0.05, 0.1) is 31.8 Å². The molecule has 0 bridgehead atoms. The molecule has 0 aromatic rings. The van der Waals surface area contributed by atoms with Crippen molar-refractivity contribution in [1.29, 1.82) is 0 Å². The van der Waals surface area contributed by atoms with Crippen molar-refractivity contribution in [3.8, 4) is 0 Å². The van der Waals surface area contributed by atoms with Crippen LogP contribution in [0.5, 0.6) is 0 Å². The largest absolute Gasteiger partial charge is 0.399 e. The smallest absolute Gasteiger partial charge is 0.384 e. The maximum atomic E-state index is 10.8. The summed E-state index contributed by atoms with van der Waals surface area (Å²) in [6.07, 6.45) is 0. The summed E-state index contributed by atoms with van der Waals surface area (Å²) in [6.45, 7) is 0.709. The highest BCUT2D eigenvalue weighted by Crippen LogP contribution is 2.26. The van der Waals surface area contributed by atoms with Gasteiger partial charge in [0.15, 0.2) is 0 Å². The van der Waals surface area contributed by atoms with Crippen LogP contribution in [0, 0.1) is 5.41 Å². The Morgan fingerprint density at radius 2 is 1.57 bits per heavy atom. The zero-order chi connectivity index (χ0) is 10.7. The summed E-state index contributed by atoms with van der Waals surface area (Å²) in [6, 6.07) is 0. The van der Waals surface area contributed by atoms with E-state index >= 15 is 0 Å². The number of hydrogen-bond donors (Lipinski definition) is 0. The first-order valence-corrected chi connectivity index (χ1v) is 5.39. The Kier molecular flexibility index (Phi) is 3.85.